The van der Waals surface area contributed by atoms with Gasteiger partial charge in [-0.05, 0) is 31.0 Å². The summed E-state index contributed by atoms with van der Waals surface area (Å²) in [7, 11) is 1.68. The van der Waals surface area contributed by atoms with Crippen molar-refractivity contribution in [2.75, 3.05) is 7.05 Å². The molecule has 1 amide bonds. The summed E-state index contributed by atoms with van der Waals surface area (Å²) in [4.78, 5) is 43.9. The second-order valence-electron chi connectivity index (χ2n) is 6.92. The average Bonchev–Trinajstić information content (AvgIpc) is 2.72. The molecule has 0 radical (unpaired) electrons. The molecule has 1 aromatic heterocycles. The molecule has 3 aromatic rings. The number of carbonyl (C=O) groups is 1. The van der Waals surface area contributed by atoms with Gasteiger partial charge in [0.15, 0.2) is 0 Å². The zero-order chi connectivity index (χ0) is 21.0. The van der Waals surface area contributed by atoms with E-state index in [1.54, 1.807) is 42.3 Å². The van der Waals surface area contributed by atoms with E-state index in [1.165, 1.54) is 12.1 Å². The van der Waals surface area contributed by atoms with Gasteiger partial charge in [-0.1, -0.05) is 24.3 Å². The molecule has 0 bridgehead atoms. The first kappa shape index (κ1) is 20.2. The second-order valence-corrected chi connectivity index (χ2v) is 6.92. The number of carbonyl (C=O) groups excluding carboxylic acids is 1. The number of H-pyrrole nitrogens is 1. The molecule has 3 rings (SSSR count). The van der Waals surface area contributed by atoms with E-state index < -0.39 is 4.92 Å². The minimum absolute atomic E-state index is 0.00142. The van der Waals surface area contributed by atoms with Gasteiger partial charge in [0, 0.05) is 32.0 Å². The quantitative estimate of drug-likeness (QED) is 0.488. The summed E-state index contributed by atoms with van der Waals surface area (Å²) in [5.41, 5.74) is 1.15. The van der Waals surface area contributed by atoms with Crippen LogP contribution in [0.1, 0.15) is 37.2 Å². The lowest BCUT2D eigenvalue weighted by molar-refractivity contribution is -0.384. The standard InChI is InChI=1S/C21H22N4O4/c1-14(15-7-5-8-16(13-15)25(28)29)24(2)20(26)12-6-11-19-22-18-10-4-3-9-17(18)21(27)23-19/h3-5,7-10,13-14H,6,11-12H2,1-2H3,(H,22,23,27)/t14-/m1/s1. The highest BCUT2D eigenvalue weighted by Gasteiger charge is 2.19. The molecule has 0 unspecified atom stereocenters. The molecule has 1 atom stereocenters. The molecule has 0 aliphatic heterocycles. The number of rotatable bonds is 7. The van der Waals surface area contributed by atoms with Crippen molar-refractivity contribution >= 4 is 22.5 Å². The van der Waals surface area contributed by atoms with Crippen molar-refractivity contribution in [3.05, 3.63) is 80.4 Å². The number of aromatic amines is 1. The van der Waals surface area contributed by atoms with Crippen LogP contribution in [0.5, 0.6) is 0 Å². The first-order valence-electron chi connectivity index (χ1n) is 9.35. The summed E-state index contributed by atoms with van der Waals surface area (Å²) in [6, 6.07) is 13.1. The van der Waals surface area contributed by atoms with Crippen molar-refractivity contribution in [1.29, 1.82) is 0 Å². The highest BCUT2D eigenvalue weighted by Crippen LogP contribution is 2.23. The largest absolute Gasteiger partial charge is 0.339 e. The molecule has 8 heteroatoms. The number of non-ortho nitro benzene ring substituents is 1. The van der Waals surface area contributed by atoms with Crippen molar-refractivity contribution in [3.8, 4) is 0 Å². The zero-order valence-electron chi connectivity index (χ0n) is 16.3. The SMILES string of the molecule is C[C@H](c1cccc([N+](=O)[O-])c1)N(C)C(=O)CCCc1nc2ccccc2c(=O)[nH]1. The lowest BCUT2D eigenvalue weighted by Crippen LogP contribution is -2.29. The fourth-order valence-corrected chi connectivity index (χ4v) is 3.17. The highest BCUT2D eigenvalue weighted by molar-refractivity contribution is 5.77. The Hall–Kier alpha value is -3.55. The monoisotopic (exact) mass is 394 g/mol. The Morgan fingerprint density at radius 1 is 1.24 bits per heavy atom. The summed E-state index contributed by atoms with van der Waals surface area (Å²) in [6.45, 7) is 1.83. The van der Waals surface area contributed by atoms with Gasteiger partial charge in [0.1, 0.15) is 5.82 Å². The van der Waals surface area contributed by atoms with Crippen LogP contribution in [0.2, 0.25) is 0 Å². The number of fused-ring (bicyclic) bond motifs is 1. The van der Waals surface area contributed by atoms with Crippen molar-refractivity contribution in [2.45, 2.75) is 32.2 Å². The number of aromatic nitrogens is 2. The summed E-state index contributed by atoms with van der Waals surface area (Å²) < 4.78 is 0. The van der Waals surface area contributed by atoms with E-state index in [0.29, 0.717) is 35.1 Å². The molecule has 2 aromatic carbocycles. The Kier molecular flexibility index (Phi) is 6.01. The van der Waals surface area contributed by atoms with Gasteiger partial charge in [-0.15, -0.1) is 0 Å². The van der Waals surface area contributed by atoms with E-state index in [4.69, 9.17) is 0 Å². The zero-order valence-corrected chi connectivity index (χ0v) is 16.3. The van der Waals surface area contributed by atoms with E-state index in [2.05, 4.69) is 9.97 Å². The number of nitro benzene ring substituents is 1. The molecule has 8 nitrogen and oxygen atoms in total. The van der Waals surface area contributed by atoms with Gasteiger partial charge in [-0.25, -0.2) is 4.98 Å². The summed E-state index contributed by atoms with van der Waals surface area (Å²) in [5, 5.41) is 11.5. The van der Waals surface area contributed by atoms with Crippen LogP contribution in [-0.2, 0) is 11.2 Å². The second kappa shape index (κ2) is 8.64. The topological polar surface area (TPSA) is 109 Å². The molecule has 1 N–H and O–H groups in total. The van der Waals surface area contributed by atoms with Crippen LogP contribution in [-0.4, -0.2) is 32.7 Å². The maximum absolute atomic E-state index is 12.5. The van der Waals surface area contributed by atoms with E-state index in [-0.39, 0.29) is 29.6 Å². The number of nitrogens with zero attached hydrogens (tertiary/aromatic N) is 3. The van der Waals surface area contributed by atoms with E-state index in [9.17, 15) is 19.7 Å². The van der Waals surface area contributed by atoms with E-state index >= 15 is 0 Å². The maximum atomic E-state index is 12.5. The number of amides is 1. The van der Waals surface area contributed by atoms with Gasteiger partial charge in [0.2, 0.25) is 5.91 Å². The first-order valence-corrected chi connectivity index (χ1v) is 9.35. The van der Waals surface area contributed by atoms with Crippen LogP contribution < -0.4 is 5.56 Å². The van der Waals surface area contributed by atoms with Gasteiger partial charge < -0.3 is 9.88 Å². The van der Waals surface area contributed by atoms with Gasteiger partial charge in [0.25, 0.3) is 11.2 Å². The maximum Gasteiger partial charge on any atom is 0.269 e. The molecule has 0 saturated heterocycles. The predicted octanol–water partition coefficient (Wildman–Crippen LogP) is 3.37. The lowest BCUT2D eigenvalue weighted by atomic mass is 10.1. The molecule has 0 saturated carbocycles. The third kappa shape index (κ3) is 4.66. The molecule has 0 fully saturated rings. The third-order valence-electron chi connectivity index (χ3n) is 5.00. The van der Waals surface area contributed by atoms with Crippen LogP contribution in [0.25, 0.3) is 10.9 Å². The number of benzene rings is 2. The van der Waals surface area contributed by atoms with Gasteiger partial charge in [-0.2, -0.15) is 0 Å². The van der Waals surface area contributed by atoms with Gasteiger partial charge in [0.05, 0.1) is 21.9 Å². The Bertz CT molecular complexity index is 1110. The van der Waals surface area contributed by atoms with Crippen molar-refractivity contribution in [2.24, 2.45) is 0 Å². The smallest absolute Gasteiger partial charge is 0.269 e. The predicted molar refractivity (Wildman–Crippen MR) is 110 cm³/mol. The molecule has 0 aliphatic rings. The Balaban J connectivity index is 1.61. The minimum atomic E-state index is -0.449. The number of hydrogen-bond acceptors (Lipinski definition) is 5. The lowest BCUT2D eigenvalue weighted by Gasteiger charge is -2.25. The molecule has 150 valence electrons. The fraction of sp³-hybridized carbons (Fsp3) is 0.286. The van der Waals surface area contributed by atoms with E-state index in [1.807, 2.05) is 13.0 Å². The van der Waals surface area contributed by atoms with Crippen molar-refractivity contribution in [1.82, 2.24) is 14.9 Å². The third-order valence-corrected chi connectivity index (χ3v) is 5.00. The van der Waals surface area contributed by atoms with Gasteiger partial charge in [-0.3, -0.25) is 19.7 Å². The van der Waals surface area contributed by atoms with Crippen LogP contribution in [0, 0.1) is 10.1 Å². The first-order chi connectivity index (χ1) is 13.9. The number of nitrogens with one attached hydrogen (secondary N) is 1. The molecule has 0 spiro atoms. The van der Waals surface area contributed by atoms with Crippen molar-refractivity contribution < 1.29 is 9.72 Å². The van der Waals surface area contributed by atoms with Crippen LogP contribution in [0.3, 0.4) is 0 Å². The van der Waals surface area contributed by atoms with E-state index in [0.717, 1.165) is 0 Å². The van der Waals surface area contributed by atoms with Crippen molar-refractivity contribution in [3.63, 3.8) is 0 Å². The minimum Gasteiger partial charge on any atom is -0.339 e. The summed E-state index contributed by atoms with van der Waals surface area (Å²) in [5.74, 6) is 0.475. The summed E-state index contributed by atoms with van der Waals surface area (Å²) >= 11 is 0. The highest BCUT2D eigenvalue weighted by atomic mass is 16.6. The molecular weight excluding hydrogens is 372 g/mol. The molecular formula is C21H22N4O4. The number of nitro groups is 1. The Morgan fingerprint density at radius 2 is 2.00 bits per heavy atom. The van der Waals surface area contributed by atoms with Crippen LogP contribution in [0.15, 0.2) is 53.3 Å². The summed E-state index contributed by atoms with van der Waals surface area (Å²) in [6.07, 6.45) is 1.29. The molecule has 1 heterocycles. The van der Waals surface area contributed by atoms with Crippen LogP contribution >= 0.6 is 0 Å². The molecule has 0 aliphatic carbocycles. The Labute approximate surface area is 167 Å². The number of hydrogen-bond donors (Lipinski definition) is 1. The Morgan fingerprint density at radius 3 is 2.76 bits per heavy atom. The number of para-hydroxylation sites is 1. The molecule has 29 heavy (non-hydrogen) atoms. The van der Waals surface area contributed by atoms with Crippen LogP contribution in [0.4, 0.5) is 5.69 Å². The average molecular weight is 394 g/mol. The number of aryl methyl sites for hydroxylation is 1. The van der Waals surface area contributed by atoms with Gasteiger partial charge >= 0.3 is 0 Å². The fourth-order valence-electron chi connectivity index (χ4n) is 3.17. The normalized spacial score (nSPS) is 11.9.